The molecule has 0 aromatic heterocycles. The topological polar surface area (TPSA) is 37.4 Å². The number of hydrogen-bond acceptors (Lipinski definition) is 2. The lowest BCUT2D eigenvalue weighted by Gasteiger charge is -2.22. The molecule has 106 valence electrons. The molecule has 2 unspecified atom stereocenters. The van der Waals surface area contributed by atoms with Gasteiger partial charge in [-0.3, -0.25) is 0 Å². The highest BCUT2D eigenvalue weighted by Gasteiger charge is 2.37. The minimum atomic E-state index is -3.68. The number of benzene rings is 1. The van der Waals surface area contributed by atoms with E-state index in [1.54, 1.807) is 0 Å². The Morgan fingerprint density at radius 2 is 2.11 bits per heavy atom. The fourth-order valence-electron chi connectivity index (χ4n) is 2.60. The van der Waals surface area contributed by atoms with Crippen molar-refractivity contribution in [2.45, 2.75) is 37.1 Å². The van der Waals surface area contributed by atoms with Gasteiger partial charge in [0.1, 0.15) is 5.82 Å². The third-order valence-electron chi connectivity index (χ3n) is 3.49. The predicted molar refractivity (Wildman–Crippen MR) is 73.1 cm³/mol. The van der Waals surface area contributed by atoms with Gasteiger partial charge in [-0.25, -0.2) is 12.8 Å². The Morgan fingerprint density at radius 1 is 1.42 bits per heavy atom. The van der Waals surface area contributed by atoms with Crippen molar-refractivity contribution in [3.63, 3.8) is 0 Å². The van der Waals surface area contributed by atoms with E-state index < -0.39 is 15.8 Å². The smallest absolute Gasteiger partial charge is 0.207 e. The Bertz CT molecular complexity index is 576. The Kier molecular flexibility index (Phi) is 4.18. The number of nitrogens with zero attached hydrogens (tertiary/aromatic N) is 1. The molecular weight excluding hydrogens is 289 g/mol. The van der Waals surface area contributed by atoms with E-state index >= 15 is 0 Å². The lowest BCUT2D eigenvalue weighted by Crippen LogP contribution is -2.34. The average Bonchev–Trinajstić information content (AvgIpc) is 2.69. The first-order chi connectivity index (χ1) is 8.86. The van der Waals surface area contributed by atoms with Crippen molar-refractivity contribution >= 4 is 21.6 Å². The lowest BCUT2D eigenvalue weighted by molar-refractivity contribution is 0.405. The molecule has 19 heavy (non-hydrogen) atoms. The average molecular weight is 306 g/mol. The van der Waals surface area contributed by atoms with Gasteiger partial charge in [-0.2, -0.15) is 4.31 Å². The molecule has 1 heterocycles. The van der Waals surface area contributed by atoms with Crippen molar-refractivity contribution < 1.29 is 12.8 Å². The van der Waals surface area contributed by atoms with Crippen LogP contribution in [0.2, 0.25) is 0 Å². The van der Waals surface area contributed by atoms with Crippen LogP contribution in [0.3, 0.4) is 0 Å². The standard InChI is InChI=1S/C13H17ClFNO2S/c1-9-5-10(2)16(8-9)19(17,18)13-6-12(15)4-3-11(13)7-14/h3-4,6,9-10H,5,7-8H2,1-2H3. The summed E-state index contributed by atoms with van der Waals surface area (Å²) in [7, 11) is -3.68. The fourth-order valence-corrected chi connectivity index (χ4v) is 4.91. The molecule has 2 rings (SSSR count). The van der Waals surface area contributed by atoms with E-state index in [0.717, 1.165) is 12.5 Å². The van der Waals surface area contributed by atoms with Gasteiger partial charge in [0.05, 0.1) is 4.90 Å². The van der Waals surface area contributed by atoms with Crippen LogP contribution in [0.4, 0.5) is 4.39 Å². The summed E-state index contributed by atoms with van der Waals surface area (Å²) in [5.41, 5.74) is 0.440. The molecule has 1 aromatic rings. The third-order valence-corrected chi connectivity index (χ3v) is 5.84. The second-order valence-electron chi connectivity index (χ2n) is 5.15. The molecule has 1 saturated heterocycles. The zero-order chi connectivity index (χ0) is 14.2. The number of alkyl halides is 1. The van der Waals surface area contributed by atoms with Crippen molar-refractivity contribution in [2.75, 3.05) is 6.54 Å². The lowest BCUT2D eigenvalue weighted by atomic mass is 10.1. The molecule has 0 spiro atoms. The van der Waals surface area contributed by atoms with Crippen LogP contribution in [-0.4, -0.2) is 25.3 Å². The molecule has 1 aromatic carbocycles. The van der Waals surface area contributed by atoms with E-state index in [4.69, 9.17) is 11.6 Å². The molecule has 1 aliphatic heterocycles. The third kappa shape index (κ3) is 2.78. The van der Waals surface area contributed by atoms with Crippen LogP contribution >= 0.6 is 11.6 Å². The summed E-state index contributed by atoms with van der Waals surface area (Å²) in [5, 5.41) is 0. The summed E-state index contributed by atoms with van der Waals surface area (Å²) in [6.45, 7) is 4.36. The normalized spacial score (nSPS) is 24.8. The molecule has 0 N–H and O–H groups in total. The first kappa shape index (κ1) is 14.8. The molecule has 0 aliphatic carbocycles. The number of hydrogen-bond donors (Lipinski definition) is 0. The number of sulfonamides is 1. The highest BCUT2D eigenvalue weighted by atomic mass is 35.5. The number of halogens is 2. The van der Waals surface area contributed by atoms with Crippen LogP contribution in [0.15, 0.2) is 23.1 Å². The Morgan fingerprint density at radius 3 is 2.63 bits per heavy atom. The molecule has 6 heteroatoms. The second-order valence-corrected chi connectivity index (χ2v) is 7.28. The molecule has 0 bridgehead atoms. The van der Waals surface area contributed by atoms with Gasteiger partial charge >= 0.3 is 0 Å². The monoisotopic (exact) mass is 305 g/mol. The van der Waals surface area contributed by atoms with Crippen molar-refractivity contribution in [1.29, 1.82) is 0 Å². The first-order valence-electron chi connectivity index (χ1n) is 6.22. The summed E-state index contributed by atoms with van der Waals surface area (Å²) < 4.78 is 40.0. The van der Waals surface area contributed by atoms with Crippen molar-refractivity contribution in [3.8, 4) is 0 Å². The van der Waals surface area contributed by atoms with E-state index in [9.17, 15) is 12.8 Å². The van der Waals surface area contributed by atoms with Crippen LogP contribution < -0.4 is 0 Å². The summed E-state index contributed by atoms with van der Waals surface area (Å²) >= 11 is 5.76. The Balaban J connectivity index is 2.48. The van der Waals surface area contributed by atoms with Gasteiger partial charge in [0.2, 0.25) is 10.0 Å². The van der Waals surface area contributed by atoms with Crippen LogP contribution in [-0.2, 0) is 15.9 Å². The molecule has 3 nitrogen and oxygen atoms in total. The van der Waals surface area contributed by atoms with Gasteiger partial charge < -0.3 is 0 Å². The fraction of sp³-hybridized carbons (Fsp3) is 0.538. The summed E-state index contributed by atoms with van der Waals surface area (Å²) in [5.74, 6) is -0.197. The van der Waals surface area contributed by atoms with Crippen molar-refractivity contribution in [3.05, 3.63) is 29.6 Å². The summed E-state index contributed by atoms with van der Waals surface area (Å²) in [6.07, 6.45) is 0.824. The highest BCUT2D eigenvalue weighted by molar-refractivity contribution is 7.89. The quantitative estimate of drug-likeness (QED) is 0.805. The van der Waals surface area contributed by atoms with Gasteiger partial charge in [0, 0.05) is 18.5 Å². The van der Waals surface area contributed by atoms with Crippen molar-refractivity contribution in [2.24, 2.45) is 5.92 Å². The molecule has 1 fully saturated rings. The predicted octanol–water partition coefficient (Wildman–Crippen LogP) is 2.98. The zero-order valence-corrected chi connectivity index (χ0v) is 12.5. The molecule has 0 radical (unpaired) electrons. The van der Waals surface area contributed by atoms with E-state index in [2.05, 4.69) is 0 Å². The van der Waals surface area contributed by atoms with E-state index in [0.29, 0.717) is 18.0 Å². The van der Waals surface area contributed by atoms with Gasteiger partial charge in [-0.15, -0.1) is 11.6 Å². The Labute approximate surface area is 118 Å². The van der Waals surface area contributed by atoms with Gasteiger partial charge in [0.25, 0.3) is 0 Å². The molecular formula is C13H17ClFNO2S. The Hall–Kier alpha value is -0.650. The molecule has 2 atom stereocenters. The minimum Gasteiger partial charge on any atom is -0.207 e. The first-order valence-corrected chi connectivity index (χ1v) is 8.20. The molecule has 1 aliphatic rings. The maximum absolute atomic E-state index is 13.3. The number of rotatable bonds is 3. The van der Waals surface area contributed by atoms with Crippen LogP contribution in [0.25, 0.3) is 0 Å². The van der Waals surface area contributed by atoms with Crippen LogP contribution in [0.1, 0.15) is 25.8 Å². The summed E-state index contributed by atoms with van der Waals surface area (Å²) in [6, 6.07) is 3.65. The zero-order valence-electron chi connectivity index (χ0n) is 10.9. The highest BCUT2D eigenvalue weighted by Crippen LogP contribution is 2.31. The van der Waals surface area contributed by atoms with E-state index in [1.807, 2.05) is 13.8 Å². The van der Waals surface area contributed by atoms with Gasteiger partial charge in [0.15, 0.2) is 0 Å². The van der Waals surface area contributed by atoms with Crippen LogP contribution in [0, 0.1) is 11.7 Å². The van der Waals surface area contributed by atoms with E-state index in [1.165, 1.54) is 16.4 Å². The molecule has 0 saturated carbocycles. The van der Waals surface area contributed by atoms with Crippen LogP contribution in [0.5, 0.6) is 0 Å². The van der Waals surface area contributed by atoms with Gasteiger partial charge in [-0.05, 0) is 37.0 Å². The summed E-state index contributed by atoms with van der Waals surface area (Å²) in [4.78, 5) is -0.0107. The van der Waals surface area contributed by atoms with E-state index in [-0.39, 0.29) is 16.8 Å². The maximum atomic E-state index is 13.3. The SMILES string of the molecule is CC1CC(C)N(S(=O)(=O)c2cc(F)ccc2CCl)C1. The van der Waals surface area contributed by atoms with Crippen molar-refractivity contribution in [1.82, 2.24) is 4.31 Å². The minimum absolute atomic E-state index is 0.0107. The molecule has 0 amide bonds. The maximum Gasteiger partial charge on any atom is 0.243 e. The largest absolute Gasteiger partial charge is 0.243 e. The second kappa shape index (κ2) is 5.38. The van der Waals surface area contributed by atoms with Gasteiger partial charge in [-0.1, -0.05) is 13.0 Å².